The average Bonchev–Trinajstić information content (AvgIpc) is 3.40. The highest BCUT2D eigenvalue weighted by Gasteiger charge is 2.65. The van der Waals surface area contributed by atoms with Crippen LogP contribution in [-0.2, 0) is 4.79 Å². The molecule has 5 fully saturated rings. The fourth-order valence-corrected chi connectivity index (χ4v) is 11.5. The maximum absolute atomic E-state index is 10.6. The van der Waals surface area contributed by atoms with E-state index in [9.17, 15) is 9.90 Å². The molecule has 0 heterocycles. The number of hydrogen-bond acceptors (Lipinski definition) is 4. The molecule has 5 aliphatic rings. The molecule has 0 radical (unpaired) electrons. The van der Waals surface area contributed by atoms with Gasteiger partial charge < -0.3 is 20.6 Å². The van der Waals surface area contributed by atoms with Gasteiger partial charge in [0.1, 0.15) is 0 Å². The Labute approximate surface area is 292 Å². The highest BCUT2D eigenvalue weighted by atomic mass is 16.3. The fraction of sp³-hybridized carbons (Fsp3) is 0.929. The summed E-state index contributed by atoms with van der Waals surface area (Å²) in [5.74, 6) is 6.98. The molecule has 11 atom stereocenters. The number of carbonyl (C=O) groups is 1. The molecular formula is C42H81NO4. The minimum Gasteiger partial charge on any atom is -0.400 e. The first-order valence-electron chi connectivity index (χ1n) is 19.7. The van der Waals surface area contributed by atoms with E-state index in [-0.39, 0.29) is 6.10 Å². The van der Waals surface area contributed by atoms with Crippen molar-refractivity contribution in [3.63, 3.8) is 0 Å². The molecule has 0 saturated heterocycles. The third-order valence-corrected chi connectivity index (χ3v) is 13.8. The average molecular weight is 664 g/mol. The van der Waals surface area contributed by atoms with Crippen LogP contribution < -0.4 is 5.32 Å². The molecule has 1 amide bonds. The van der Waals surface area contributed by atoms with E-state index in [1.165, 1.54) is 63.4 Å². The standard InChI is InChI=1S/C28H46O.C6H13NO.C5H12O.C2H6.CH4O/c1-17(2)19-9-13-26(4)14-10-22-20(25(19)26)7-8-24-27(5)16-12-23(29)18(3)21(27)11-15-28(22,24)6;1-6(2)3-4-7-5-8;1-5(2)3-4-6;2*1-2/h18-25,29H,1,7-16H2,2-6H3;5-6H,3-4H2,1-2H3,(H,7,8);5-6H,3-4H2,1-2H3;1-2H3;2H,1H3/t18-,19?,20?,21?,22?,23+,24?,25?,26-,27+,28+;;;;/m1..../s1. The van der Waals surface area contributed by atoms with Gasteiger partial charge in [0, 0.05) is 20.3 Å². The maximum atomic E-state index is 10.6. The second-order valence-corrected chi connectivity index (χ2v) is 17.4. The fourth-order valence-electron chi connectivity index (χ4n) is 11.5. The smallest absolute Gasteiger partial charge is 0.207 e. The van der Waals surface area contributed by atoms with Gasteiger partial charge in [0.05, 0.1) is 6.10 Å². The Balaban J connectivity index is 0.000000512. The first kappa shape index (κ1) is 44.1. The van der Waals surface area contributed by atoms with Gasteiger partial charge in [-0.1, -0.05) is 81.4 Å². The zero-order valence-electron chi connectivity index (χ0n) is 33.2. The SMILES string of the molecule is C=C(C)C1CC[C@]2(C)CCC3C(CCC4[C@@]3(C)CCC3[C@@H](C)[C@@H](O)CC[C@@]34C)C12.CC.CC(C)CCNC=O.CC(C)CCO.CO. The molecule has 0 aromatic heterocycles. The quantitative estimate of drug-likeness (QED) is 0.124. The number of amides is 1. The molecular weight excluding hydrogens is 582 g/mol. The molecule has 278 valence electrons. The lowest BCUT2D eigenvalue weighted by Gasteiger charge is -2.68. The van der Waals surface area contributed by atoms with E-state index in [4.69, 9.17) is 10.2 Å². The number of carbonyl (C=O) groups excluding carboxylic acids is 1. The van der Waals surface area contributed by atoms with Crippen LogP contribution in [0, 0.1) is 69.5 Å². The molecule has 5 saturated carbocycles. The largest absolute Gasteiger partial charge is 0.400 e. The van der Waals surface area contributed by atoms with Crippen LogP contribution in [0.4, 0.5) is 0 Å². The molecule has 6 unspecified atom stereocenters. The molecule has 0 aliphatic heterocycles. The van der Waals surface area contributed by atoms with Gasteiger partial charge in [0.15, 0.2) is 0 Å². The summed E-state index contributed by atoms with van der Waals surface area (Å²) in [5, 5.41) is 28.4. The summed E-state index contributed by atoms with van der Waals surface area (Å²) in [6.45, 7) is 30.7. The van der Waals surface area contributed by atoms with E-state index >= 15 is 0 Å². The summed E-state index contributed by atoms with van der Waals surface area (Å²) in [5.41, 5.74) is 3.04. The summed E-state index contributed by atoms with van der Waals surface area (Å²) < 4.78 is 0. The van der Waals surface area contributed by atoms with Crippen molar-refractivity contribution in [1.82, 2.24) is 5.32 Å². The zero-order valence-corrected chi connectivity index (χ0v) is 33.2. The number of fused-ring (bicyclic) bond motifs is 7. The van der Waals surface area contributed by atoms with Crippen LogP contribution in [-0.4, -0.2) is 48.1 Å². The third-order valence-electron chi connectivity index (χ3n) is 13.8. The third kappa shape index (κ3) is 10.3. The van der Waals surface area contributed by atoms with Crippen LogP contribution in [0.15, 0.2) is 12.2 Å². The Morgan fingerprint density at radius 1 is 0.851 bits per heavy atom. The van der Waals surface area contributed by atoms with Crippen LogP contribution in [0.2, 0.25) is 0 Å². The molecule has 4 N–H and O–H groups in total. The summed E-state index contributed by atoms with van der Waals surface area (Å²) >= 11 is 0. The van der Waals surface area contributed by atoms with Crippen LogP contribution in [0.3, 0.4) is 0 Å². The monoisotopic (exact) mass is 664 g/mol. The maximum Gasteiger partial charge on any atom is 0.207 e. The van der Waals surface area contributed by atoms with Crippen molar-refractivity contribution in [1.29, 1.82) is 0 Å². The Bertz CT molecular complexity index is 905. The predicted molar refractivity (Wildman–Crippen MR) is 201 cm³/mol. The first-order chi connectivity index (χ1) is 22.2. The van der Waals surface area contributed by atoms with Crippen molar-refractivity contribution in [3.05, 3.63) is 12.2 Å². The lowest BCUT2D eigenvalue weighted by molar-refractivity contribution is -0.195. The Morgan fingerprint density at radius 2 is 1.38 bits per heavy atom. The molecule has 0 bridgehead atoms. The highest BCUT2D eigenvalue weighted by molar-refractivity contribution is 5.45. The van der Waals surface area contributed by atoms with Crippen molar-refractivity contribution in [2.45, 2.75) is 159 Å². The van der Waals surface area contributed by atoms with Crippen molar-refractivity contribution >= 4 is 6.41 Å². The molecule has 0 spiro atoms. The molecule has 5 rings (SSSR count). The van der Waals surface area contributed by atoms with Crippen LogP contribution in [0.25, 0.3) is 0 Å². The lowest BCUT2D eigenvalue weighted by atomic mass is 9.37. The van der Waals surface area contributed by atoms with Gasteiger partial charge in [0.25, 0.3) is 0 Å². The van der Waals surface area contributed by atoms with Crippen molar-refractivity contribution < 1.29 is 20.1 Å². The van der Waals surface area contributed by atoms with Crippen LogP contribution in [0.1, 0.15) is 153 Å². The van der Waals surface area contributed by atoms with Gasteiger partial charge in [-0.05, 0) is 153 Å². The zero-order chi connectivity index (χ0) is 36.2. The molecule has 0 aromatic rings. The summed E-state index contributed by atoms with van der Waals surface area (Å²) in [4.78, 5) is 9.68. The molecule has 5 aliphatic carbocycles. The van der Waals surface area contributed by atoms with Crippen molar-refractivity contribution in [2.24, 2.45) is 69.5 Å². The number of aliphatic hydroxyl groups excluding tert-OH is 3. The molecule has 47 heavy (non-hydrogen) atoms. The molecule has 5 heteroatoms. The van der Waals surface area contributed by atoms with Crippen molar-refractivity contribution in [2.75, 3.05) is 20.3 Å². The normalized spacial score (nSPS) is 39.7. The number of aliphatic hydroxyl groups is 3. The summed E-state index contributed by atoms with van der Waals surface area (Å²) in [6.07, 6.45) is 16.4. The number of hydrogen-bond donors (Lipinski definition) is 4. The second-order valence-electron chi connectivity index (χ2n) is 17.4. The minimum atomic E-state index is -0.0565. The van der Waals surface area contributed by atoms with Gasteiger partial charge >= 0.3 is 0 Å². The Morgan fingerprint density at radius 3 is 1.89 bits per heavy atom. The van der Waals surface area contributed by atoms with E-state index in [0.29, 0.717) is 40.6 Å². The van der Waals surface area contributed by atoms with Gasteiger partial charge in [-0.25, -0.2) is 0 Å². The minimum absolute atomic E-state index is 0.0565. The van der Waals surface area contributed by atoms with Crippen LogP contribution in [0.5, 0.6) is 0 Å². The van der Waals surface area contributed by atoms with E-state index < -0.39 is 0 Å². The lowest BCUT2D eigenvalue weighted by Crippen LogP contribution is -2.61. The number of nitrogens with one attached hydrogen (secondary N) is 1. The first-order valence-corrected chi connectivity index (χ1v) is 19.7. The summed E-state index contributed by atoms with van der Waals surface area (Å²) in [7, 11) is 1.00. The van der Waals surface area contributed by atoms with Crippen LogP contribution >= 0.6 is 0 Å². The predicted octanol–water partition coefficient (Wildman–Crippen LogP) is 9.68. The molecule has 0 aromatic carbocycles. The summed E-state index contributed by atoms with van der Waals surface area (Å²) in [6, 6.07) is 0. The van der Waals surface area contributed by atoms with E-state index in [1.54, 1.807) is 0 Å². The second kappa shape index (κ2) is 20.1. The van der Waals surface area contributed by atoms with Gasteiger partial charge in [-0.15, -0.1) is 0 Å². The van der Waals surface area contributed by atoms with E-state index in [1.807, 2.05) is 13.8 Å². The highest BCUT2D eigenvalue weighted by Crippen LogP contribution is 2.72. The van der Waals surface area contributed by atoms with E-state index in [0.717, 1.165) is 74.8 Å². The number of rotatable bonds is 7. The topological polar surface area (TPSA) is 89.8 Å². The Kier molecular flexibility index (Phi) is 18.8. The Hall–Kier alpha value is -0.910. The van der Waals surface area contributed by atoms with E-state index in [2.05, 4.69) is 74.2 Å². The molecule has 5 nitrogen and oxygen atoms in total. The van der Waals surface area contributed by atoms with Gasteiger partial charge in [0.2, 0.25) is 6.41 Å². The number of allylic oxidation sites excluding steroid dienone is 1. The van der Waals surface area contributed by atoms with Gasteiger partial charge in [-0.3, -0.25) is 4.79 Å². The van der Waals surface area contributed by atoms with Gasteiger partial charge in [-0.2, -0.15) is 0 Å². The van der Waals surface area contributed by atoms with Crippen molar-refractivity contribution in [3.8, 4) is 0 Å².